The summed E-state index contributed by atoms with van der Waals surface area (Å²) in [5.41, 5.74) is 0. The Morgan fingerprint density at radius 1 is 1.62 bits per heavy atom. The molecule has 0 aromatic rings. The predicted octanol–water partition coefficient (Wildman–Crippen LogP) is 0.196. The Morgan fingerprint density at radius 3 is 2.88 bits per heavy atom. The Balaban J connectivity index is 2.28. The molecular formula is C11H20N2O3. The molecule has 0 aromatic carbocycles. The first-order chi connectivity index (χ1) is 7.67. The van der Waals surface area contributed by atoms with Crippen molar-refractivity contribution < 1.29 is 14.3 Å². The first kappa shape index (κ1) is 13.0. The van der Waals surface area contributed by atoms with Crippen molar-refractivity contribution in [3.8, 4) is 0 Å². The smallest absolute Gasteiger partial charge is 0.323 e. The van der Waals surface area contributed by atoms with Crippen LogP contribution in [0.2, 0.25) is 0 Å². The Kier molecular flexibility index (Phi) is 5.25. The largest absolute Gasteiger partial charge is 0.465 e. The normalized spacial score (nSPS) is 21.6. The second-order valence-corrected chi connectivity index (χ2v) is 3.92. The third-order valence-corrected chi connectivity index (χ3v) is 2.67. The van der Waals surface area contributed by atoms with Crippen molar-refractivity contribution in [3.05, 3.63) is 0 Å². The van der Waals surface area contributed by atoms with Crippen molar-refractivity contribution in [2.24, 2.45) is 0 Å². The van der Waals surface area contributed by atoms with Crippen LogP contribution in [0, 0.1) is 0 Å². The first-order valence-corrected chi connectivity index (χ1v) is 5.86. The SMILES string of the molecule is CCOC(=O)C(CC)NCC1CCC(=O)N1. The highest BCUT2D eigenvalue weighted by molar-refractivity contribution is 5.78. The fourth-order valence-corrected chi connectivity index (χ4v) is 1.75. The van der Waals surface area contributed by atoms with E-state index in [1.54, 1.807) is 6.92 Å². The number of amides is 1. The van der Waals surface area contributed by atoms with Crippen LogP contribution in [-0.4, -0.2) is 37.1 Å². The topological polar surface area (TPSA) is 67.4 Å². The zero-order valence-corrected chi connectivity index (χ0v) is 9.91. The van der Waals surface area contributed by atoms with Gasteiger partial charge in [-0.05, 0) is 19.8 Å². The molecule has 0 bridgehead atoms. The minimum absolute atomic E-state index is 0.0935. The summed E-state index contributed by atoms with van der Waals surface area (Å²) in [4.78, 5) is 22.4. The molecule has 0 radical (unpaired) electrons. The van der Waals surface area contributed by atoms with E-state index in [9.17, 15) is 9.59 Å². The van der Waals surface area contributed by atoms with Gasteiger partial charge >= 0.3 is 5.97 Å². The molecule has 1 amide bonds. The van der Waals surface area contributed by atoms with E-state index in [1.165, 1.54) is 0 Å². The second kappa shape index (κ2) is 6.48. The summed E-state index contributed by atoms with van der Waals surface area (Å²) < 4.78 is 4.94. The van der Waals surface area contributed by atoms with Crippen molar-refractivity contribution in [3.63, 3.8) is 0 Å². The standard InChI is InChI=1S/C11H20N2O3/c1-3-9(11(15)16-4-2)12-7-8-5-6-10(14)13-8/h8-9,12H,3-7H2,1-2H3,(H,13,14). The number of carbonyl (C=O) groups excluding carboxylic acids is 2. The Bertz CT molecular complexity index is 256. The summed E-state index contributed by atoms with van der Waals surface area (Å²) >= 11 is 0. The summed E-state index contributed by atoms with van der Waals surface area (Å²) in [7, 11) is 0. The highest BCUT2D eigenvalue weighted by Gasteiger charge is 2.23. The molecule has 2 N–H and O–H groups in total. The third-order valence-electron chi connectivity index (χ3n) is 2.67. The summed E-state index contributed by atoms with van der Waals surface area (Å²) in [6, 6.07) is -0.117. The van der Waals surface area contributed by atoms with Gasteiger partial charge in [-0.25, -0.2) is 0 Å². The average Bonchev–Trinajstić information content (AvgIpc) is 2.65. The number of nitrogens with one attached hydrogen (secondary N) is 2. The molecule has 1 rings (SSSR count). The predicted molar refractivity (Wildman–Crippen MR) is 59.9 cm³/mol. The highest BCUT2D eigenvalue weighted by Crippen LogP contribution is 2.06. The number of ether oxygens (including phenoxy) is 1. The fourth-order valence-electron chi connectivity index (χ4n) is 1.75. The molecule has 2 unspecified atom stereocenters. The van der Waals surface area contributed by atoms with E-state index in [0.717, 1.165) is 6.42 Å². The quantitative estimate of drug-likeness (QED) is 0.637. The molecular weight excluding hydrogens is 208 g/mol. The summed E-state index contributed by atoms with van der Waals surface area (Å²) in [6.07, 6.45) is 2.12. The zero-order valence-electron chi connectivity index (χ0n) is 9.91. The zero-order chi connectivity index (χ0) is 12.0. The number of esters is 1. The molecule has 5 nitrogen and oxygen atoms in total. The molecule has 0 aliphatic carbocycles. The van der Waals surface area contributed by atoms with Gasteiger partial charge in [0.25, 0.3) is 0 Å². The molecule has 16 heavy (non-hydrogen) atoms. The summed E-state index contributed by atoms with van der Waals surface area (Å²) in [5, 5.41) is 5.98. The molecule has 1 aliphatic rings. The van der Waals surface area contributed by atoms with Crippen molar-refractivity contribution in [2.45, 2.75) is 45.2 Å². The lowest BCUT2D eigenvalue weighted by molar-refractivity contribution is -0.145. The van der Waals surface area contributed by atoms with Crippen LogP contribution in [0.4, 0.5) is 0 Å². The van der Waals surface area contributed by atoms with E-state index >= 15 is 0 Å². The molecule has 2 atom stereocenters. The lowest BCUT2D eigenvalue weighted by atomic mass is 10.2. The van der Waals surface area contributed by atoms with Gasteiger partial charge < -0.3 is 15.4 Å². The van der Waals surface area contributed by atoms with Crippen LogP contribution in [-0.2, 0) is 14.3 Å². The van der Waals surface area contributed by atoms with E-state index in [-0.39, 0.29) is 24.0 Å². The molecule has 0 aromatic heterocycles. The van der Waals surface area contributed by atoms with E-state index in [2.05, 4.69) is 10.6 Å². The minimum Gasteiger partial charge on any atom is -0.465 e. The van der Waals surface area contributed by atoms with Gasteiger partial charge in [0.05, 0.1) is 6.61 Å². The van der Waals surface area contributed by atoms with Gasteiger partial charge in [-0.1, -0.05) is 6.92 Å². The van der Waals surface area contributed by atoms with Crippen LogP contribution < -0.4 is 10.6 Å². The molecule has 1 saturated heterocycles. The first-order valence-electron chi connectivity index (χ1n) is 5.86. The fraction of sp³-hybridized carbons (Fsp3) is 0.818. The maximum Gasteiger partial charge on any atom is 0.323 e. The van der Waals surface area contributed by atoms with Crippen molar-refractivity contribution in [1.82, 2.24) is 10.6 Å². The molecule has 0 saturated carbocycles. The van der Waals surface area contributed by atoms with Crippen LogP contribution in [0.3, 0.4) is 0 Å². The van der Waals surface area contributed by atoms with Gasteiger partial charge in [0.2, 0.25) is 5.91 Å². The van der Waals surface area contributed by atoms with Gasteiger partial charge in [-0.2, -0.15) is 0 Å². The van der Waals surface area contributed by atoms with Crippen LogP contribution in [0.1, 0.15) is 33.1 Å². The maximum atomic E-state index is 11.5. The number of carbonyl (C=O) groups is 2. The highest BCUT2D eigenvalue weighted by atomic mass is 16.5. The van der Waals surface area contributed by atoms with Crippen molar-refractivity contribution in [2.75, 3.05) is 13.2 Å². The van der Waals surface area contributed by atoms with Crippen LogP contribution in [0.25, 0.3) is 0 Å². The number of hydrogen-bond donors (Lipinski definition) is 2. The van der Waals surface area contributed by atoms with Gasteiger partial charge in [-0.3, -0.25) is 9.59 Å². The Hall–Kier alpha value is -1.10. The van der Waals surface area contributed by atoms with E-state index in [0.29, 0.717) is 26.0 Å². The van der Waals surface area contributed by atoms with E-state index in [4.69, 9.17) is 4.74 Å². The third kappa shape index (κ3) is 3.81. The monoisotopic (exact) mass is 228 g/mol. The molecule has 92 valence electrons. The lowest BCUT2D eigenvalue weighted by Crippen LogP contribution is -2.44. The summed E-state index contributed by atoms with van der Waals surface area (Å²) in [6.45, 7) is 4.75. The average molecular weight is 228 g/mol. The summed E-state index contributed by atoms with van der Waals surface area (Å²) in [5.74, 6) is -0.120. The molecule has 5 heteroatoms. The van der Waals surface area contributed by atoms with Crippen LogP contribution in [0.15, 0.2) is 0 Å². The molecule has 0 spiro atoms. The number of rotatable bonds is 6. The van der Waals surface area contributed by atoms with E-state index < -0.39 is 0 Å². The van der Waals surface area contributed by atoms with Gasteiger partial charge in [0.1, 0.15) is 6.04 Å². The van der Waals surface area contributed by atoms with E-state index in [1.807, 2.05) is 6.92 Å². The molecule has 1 heterocycles. The van der Waals surface area contributed by atoms with Crippen molar-refractivity contribution >= 4 is 11.9 Å². The van der Waals surface area contributed by atoms with Gasteiger partial charge in [-0.15, -0.1) is 0 Å². The Labute approximate surface area is 95.9 Å². The van der Waals surface area contributed by atoms with Crippen LogP contribution >= 0.6 is 0 Å². The van der Waals surface area contributed by atoms with Crippen LogP contribution in [0.5, 0.6) is 0 Å². The van der Waals surface area contributed by atoms with Gasteiger partial charge in [0.15, 0.2) is 0 Å². The lowest BCUT2D eigenvalue weighted by Gasteiger charge is -2.18. The van der Waals surface area contributed by atoms with Gasteiger partial charge in [0, 0.05) is 19.0 Å². The molecule has 1 aliphatic heterocycles. The second-order valence-electron chi connectivity index (χ2n) is 3.92. The maximum absolute atomic E-state index is 11.5. The minimum atomic E-state index is -0.266. The van der Waals surface area contributed by atoms with Crippen molar-refractivity contribution in [1.29, 1.82) is 0 Å². The Morgan fingerprint density at radius 2 is 2.38 bits per heavy atom. The molecule has 1 fully saturated rings. The number of hydrogen-bond acceptors (Lipinski definition) is 4.